The summed E-state index contributed by atoms with van der Waals surface area (Å²) in [7, 11) is 0. The molecule has 130 valence electrons. The van der Waals surface area contributed by atoms with Gasteiger partial charge in [-0.25, -0.2) is 4.79 Å². The topological polar surface area (TPSA) is 66.8 Å². The van der Waals surface area contributed by atoms with Crippen LogP contribution < -0.4 is 9.64 Å². The minimum Gasteiger partial charge on any atom is -0.494 e. The number of nitrogens with zero attached hydrogens (tertiary/aromatic N) is 1. The zero-order valence-electron chi connectivity index (χ0n) is 13.6. The summed E-state index contributed by atoms with van der Waals surface area (Å²) in [6, 6.07) is 12.3. The number of carbonyl (C=O) groups excluding carboxylic acids is 1. The van der Waals surface area contributed by atoms with Gasteiger partial charge in [0, 0.05) is 23.1 Å². The van der Waals surface area contributed by atoms with Gasteiger partial charge in [0.25, 0.3) is 0 Å². The Labute approximate surface area is 154 Å². The molecule has 0 fully saturated rings. The number of fused-ring (bicyclic) bond motifs is 1. The van der Waals surface area contributed by atoms with E-state index in [0.717, 1.165) is 16.6 Å². The first-order valence-electron chi connectivity index (χ1n) is 8.09. The van der Waals surface area contributed by atoms with Gasteiger partial charge in [-0.2, -0.15) is 0 Å². The van der Waals surface area contributed by atoms with Crippen LogP contribution in [-0.4, -0.2) is 30.1 Å². The summed E-state index contributed by atoms with van der Waals surface area (Å²) < 4.78 is 6.66. The molecule has 2 aromatic rings. The predicted molar refractivity (Wildman–Crippen MR) is 98.3 cm³/mol. The lowest BCUT2D eigenvalue weighted by molar-refractivity contribution is -0.118. The monoisotopic (exact) mass is 403 g/mol. The second-order valence-electron chi connectivity index (χ2n) is 5.85. The van der Waals surface area contributed by atoms with E-state index in [1.807, 2.05) is 17.0 Å². The number of carboxylic acids is 1. The first-order valence-corrected chi connectivity index (χ1v) is 8.89. The Morgan fingerprint density at radius 1 is 1.16 bits per heavy atom. The van der Waals surface area contributed by atoms with E-state index in [-0.39, 0.29) is 11.5 Å². The zero-order valence-corrected chi connectivity index (χ0v) is 15.2. The number of hydrogen-bond donors (Lipinski definition) is 1. The van der Waals surface area contributed by atoms with Crippen LogP contribution in [-0.2, 0) is 11.2 Å². The number of aryl methyl sites for hydroxylation is 1. The molecule has 0 bridgehead atoms. The lowest BCUT2D eigenvalue weighted by Crippen LogP contribution is -2.36. The van der Waals surface area contributed by atoms with Crippen LogP contribution in [0.25, 0.3) is 0 Å². The van der Waals surface area contributed by atoms with E-state index in [2.05, 4.69) is 22.0 Å². The molecule has 0 aromatic heterocycles. The lowest BCUT2D eigenvalue weighted by atomic mass is 10.0. The maximum atomic E-state index is 12.2. The van der Waals surface area contributed by atoms with Gasteiger partial charge in [-0.15, -0.1) is 0 Å². The van der Waals surface area contributed by atoms with Crippen molar-refractivity contribution < 1.29 is 19.4 Å². The molecule has 1 heterocycles. The molecule has 0 saturated carbocycles. The number of halogens is 1. The van der Waals surface area contributed by atoms with E-state index in [1.165, 1.54) is 17.7 Å². The van der Waals surface area contributed by atoms with E-state index in [9.17, 15) is 9.59 Å². The van der Waals surface area contributed by atoms with Crippen molar-refractivity contribution >= 4 is 33.5 Å². The molecule has 1 N–H and O–H groups in total. The zero-order chi connectivity index (χ0) is 17.8. The number of anilines is 1. The summed E-state index contributed by atoms with van der Waals surface area (Å²) in [4.78, 5) is 24.9. The lowest BCUT2D eigenvalue weighted by Gasteiger charge is -2.29. The first kappa shape index (κ1) is 17.5. The number of ether oxygens (including phenoxy) is 1. The minimum atomic E-state index is -0.958. The summed E-state index contributed by atoms with van der Waals surface area (Å²) >= 11 is 3.47. The van der Waals surface area contributed by atoms with Crippen molar-refractivity contribution in [3.8, 4) is 5.75 Å². The van der Waals surface area contributed by atoms with Crippen molar-refractivity contribution in [2.45, 2.75) is 19.3 Å². The highest BCUT2D eigenvalue weighted by Crippen LogP contribution is 2.30. The summed E-state index contributed by atoms with van der Waals surface area (Å²) in [6.07, 6.45) is 2.00. The van der Waals surface area contributed by atoms with Crippen LogP contribution in [0.4, 0.5) is 5.69 Å². The Hall–Kier alpha value is -2.34. The van der Waals surface area contributed by atoms with Gasteiger partial charge in [0.1, 0.15) is 5.75 Å². The molecule has 0 atom stereocenters. The number of rotatable bonds is 6. The summed E-state index contributed by atoms with van der Waals surface area (Å²) in [6.45, 7) is 1.06. The van der Waals surface area contributed by atoms with E-state index < -0.39 is 5.97 Å². The third kappa shape index (κ3) is 4.20. The minimum absolute atomic E-state index is 0.139. The Kier molecular flexibility index (Phi) is 5.38. The smallest absolute Gasteiger partial charge is 0.335 e. The predicted octanol–water partition coefficient (Wildman–Crippen LogP) is 3.90. The van der Waals surface area contributed by atoms with Crippen molar-refractivity contribution in [1.82, 2.24) is 0 Å². The summed E-state index contributed by atoms with van der Waals surface area (Å²) in [5, 5.41) is 8.87. The molecule has 1 amide bonds. The highest BCUT2D eigenvalue weighted by atomic mass is 79.9. The average molecular weight is 404 g/mol. The van der Waals surface area contributed by atoms with Gasteiger partial charge < -0.3 is 14.7 Å². The highest BCUT2D eigenvalue weighted by Gasteiger charge is 2.23. The molecule has 0 aliphatic carbocycles. The second kappa shape index (κ2) is 7.70. The number of benzene rings is 2. The normalized spacial score (nSPS) is 13.5. The quantitative estimate of drug-likeness (QED) is 0.742. The van der Waals surface area contributed by atoms with Gasteiger partial charge in [-0.3, -0.25) is 4.79 Å². The van der Waals surface area contributed by atoms with Gasteiger partial charge in [0.15, 0.2) is 0 Å². The number of aromatic carboxylic acids is 1. The molecule has 1 aliphatic heterocycles. The van der Waals surface area contributed by atoms with E-state index >= 15 is 0 Å². The molecule has 0 radical (unpaired) electrons. The van der Waals surface area contributed by atoms with Crippen molar-refractivity contribution in [2.24, 2.45) is 0 Å². The van der Waals surface area contributed by atoms with Crippen LogP contribution >= 0.6 is 15.9 Å². The van der Waals surface area contributed by atoms with Gasteiger partial charge in [-0.1, -0.05) is 15.9 Å². The summed E-state index contributed by atoms with van der Waals surface area (Å²) in [5.74, 6) is -0.194. The summed E-state index contributed by atoms with van der Waals surface area (Å²) in [5.41, 5.74) is 2.39. The van der Waals surface area contributed by atoms with Gasteiger partial charge in [0.05, 0.1) is 12.2 Å². The molecule has 6 heteroatoms. The van der Waals surface area contributed by atoms with E-state index in [1.54, 1.807) is 12.1 Å². The van der Waals surface area contributed by atoms with Crippen LogP contribution in [0.2, 0.25) is 0 Å². The molecule has 0 saturated heterocycles. The third-order valence-corrected chi connectivity index (χ3v) is 4.63. The van der Waals surface area contributed by atoms with Crippen LogP contribution in [0, 0.1) is 0 Å². The fraction of sp³-hybridized carbons (Fsp3) is 0.263. The van der Waals surface area contributed by atoms with Crippen LogP contribution in [0.5, 0.6) is 5.75 Å². The molecule has 0 spiro atoms. The molecular formula is C19H18BrNO4. The number of amides is 1. The molecule has 3 rings (SSSR count). The maximum absolute atomic E-state index is 12.2. The first-order chi connectivity index (χ1) is 12.0. The average Bonchev–Trinajstić information content (AvgIpc) is 2.60. The molecule has 2 aromatic carbocycles. The molecule has 25 heavy (non-hydrogen) atoms. The SMILES string of the molecule is O=C(O)c1ccc(OCCCN2C(=O)CCc3cc(Br)ccc32)cc1. The number of carboxylic acid groups (broad SMARTS) is 1. The standard InChI is InChI=1S/C19H18BrNO4/c20-15-5-8-17-14(12-15)4-9-18(22)21(17)10-1-11-25-16-6-2-13(3-7-16)19(23)24/h2-3,5-8,12H,1,4,9-11H2,(H,23,24). The van der Waals surface area contributed by atoms with Gasteiger partial charge >= 0.3 is 5.97 Å². The third-order valence-electron chi connectivity index (χ3n) is 4.14. The Balaban J connectivity index is 1.55. The maximum Gasteiger partial charge on any atom is 0.335 e. The largest absolute Gasteiger partial charge is 0.494 e. The van der Waals surface area contributed by atoms with E-state index in [0.29, 0.717) is 31.7 Å². The van der Waals surface area contributed by atoms with Crippen molar-refractivity contribution in [1.29, 1.82) is 0 Å². The van der Waals surface area contributed by atoms with Crippen molar-refractivity contribution in [2.75, 3.05) is 18.1 Å². The molecule has 5 nitrogen and oxygen atoms in total. The highest BCUT2D eigenvalue weighted by molar-refractivity contribution is 9.10. The molecule has 1 aliphatic rings. The molecular weight excluding hydrogens is 386 g/mol. The van der Waals surface area contributed by atoms with E-state index in [4.69, 9.17) is 9.84 Å². The Morgan fingerprint density at radius 3 is 2.64 bits per heavy atom. The Morgan fingerprint density at radius 2 is 1.92 bits per heavy atom. The Bertz CT molecular complexity index is 789. The number of hydrogen-bond acceptors (Lipinski definition) is 3. The van der Waals surface area contributed by atoms with Gasteiger partial charge in [0.2, 0.25) is 5.91 Å². The second-order valence-corrected chi connectivity index (χ2v) is 6.77. The molecule has 0 unspecified atom stereocenters. The fourth-order valence-corrected chi connectivity index (χ4v) is 3.29. The fourth-order valence-electron chi connectivity index (χ4n) is 2.88. The van der Waals surface area contributed by atoms with Crippen molar-refractivity contribution in [3.63, 3.8) is 0 Å². The van der Waals surface area contributed by atoms with Crippen LogP contribution in [0.1, 0.15) is 28.8 Å². The van der Waals surface area contributed by atoms with Crippen LogP contribution in [0.3, 0.4) is 0 Å². The number of carbonyl (C=O) groups is 2. The van der Waals surface area contributed by atoms with Crippen molar-refractivity contribution in [3.05, 3.63) is 58.1 Å². The van der Waals surface area contributed by atoms with Gasteiger partial charge in [-0.05, 0) is 60.9 Å². The van der Waals surface area contributed by atoms with Crippen LogP contribution in [0.15, 0.2) is 46.9 Å².